The molecule has 25 heavy (non-hydrogen) atoms. The second-order valence-corrected chi connectivity index (χ2v) is 8.84. The van der Waals surface area contributed by atoms with Gasteiger partial charge in [0.25, 0.3) is 0 Å². The monoisotopic (exact) mass is 442 g/mol. The first-order valence-corrected chi connectivity index (χ1v) is 11.0. The van der Waals surface area contributed by atoms with Gasteiger partial charge in [0.1, 0.15) is 0 Å². The van der Waals surface area contributed by atoms with E-state index in [0.29, 0.717) is 5.69 Å². The van der Waals surface area contributed by atoms with Gasteiger partial charge in [0.15, 0.2) is 0 Å². The summed E-state index contributed by atoms with van der Waals surface area (Å²) in [6, 6.07) is 13.8. The van der Waals surface area contributed by atoms with Crippen LogP contribution in [0.3, 0.4) is 0 Å². The summed E-state index contributed by atoms with van der Waals surface area (Å²) in [5.41, 5.74) is 0.678. The summed E-state index contributed by atoms with van der Waals surface area (Å²) >= 11 is 4.80. The van der Waals surface area contributed by atoms with Crippen molar-refractivity contribution in [1.29, 1.82) is 0 Å². The first kappa shape index (κ1) is 20.0. The molecular weight excluding hydrogens is 424 g/mol. The van der Waals surface area contributed by atoms with Crippen molar-refractivity contribution in [3.8, 4) is 0 Å². The molecular formula is C17H19BrN2O3S2. The lowest BCUT2D eigenvalue weighted by atomic mass is 10.3. The van der Waals surface area contributed by atoms with Gasteiger partial charge in [0.2, 0.25) is 15.9 Å². The van der Waals surface area contributed by atoms with Crippen LogP contribution in [0.25, 0.3) is 0 Å². The van der Waals surface area contributed by atoms with Crippen molar-refractivity contribution in [2.75, 3.05) is 24.7 Å². The molecule has 8 heteroatoms. The van der Waals surface area contributed by atoms with Crippen LogP contribution in [-0.4, -0.2) is 38.0 Å². The van der Waals surface area contributed by atoms with Crippen LogP contribution in [0, 0.1) is 0 Å². The molecule has 0 heterocycles. The maximum Gasteiger partial charge on any atom is 0.243 e. The van der Waals surface area contributed by atoms with Crippen LogP contribution < -0.4 is 5.32 Å². The Morgan fingerprint density at radius 3 is 2.40 bits per heavy atom. The van der Waals surface area contributed by atoms with Crippen LogP contribution >= 0.6 is 27.7 Å². The molecule has 0 aliphatic carbocycles. The van der Waals surface area contributed by atoms with Gasteiger partial charge in [-0.15, -0.1) is 11.8 Å². The Morgan fingerprint density at radius 1 is 1.16 bits per heavy atom. The summed E-state index contributed by atoms with van der Waals surface area (Å²) < 4.78 is 27.4. The highest BCUT2D eigenvalue weighted by molar-refractivity contribution is 9.10. The largest absolute Gasteiger partial charge is 0.324 e. The average Bonchev–Trinajstić information content (AvgIpc) is 2.60. The van der Waals surface area contributed by atoms with Gasteiger partial charge in [-0.3, -0.25) is 4.79 Å². The fraction of sp³-hybridized carbons (Fsp3) is 0.235. The smallest absolute Gasteiger partial charge is 0.243 e. The molecule has 0 aliphatic rings. The summed E-state index contributed by atoms with van der Waals surface area (Å²) in [5.74, 6) is -0.371. The maximum absolute atomic E-state index is 12.7. The van der Waals surface area contributed by atoms with E-state index in [4.69, 9.17) is 0 Å². The highest BCUT2D eigenvalue weighted by atomic mass is 79.9. The number of carbonyl (C=O) groups excluding carboxylic acids is 1. The fourth-order valence-corrected chi connectivity index (χ4v) is 4.44. The first-order valence-electron chi connectivity index (χ1n) is 7.57. The molecule has 0 spiro atoms. The topological polar surface area (TPSA) is 66.5 Å². The summed E-state index contributed by atoms with van der Waals surface area (Å²) in [6.07, 6.45) is 1.92. The number of likely N-dealkylation sites (N-methyl/N-ethyl adjacent to an activating group) is 1. The highest BCUT2D eigenvalue weighted by Gasteiger charge is 2.25. The number of benzene rings is 2. The number of rotatable bonds is 7. The molecule has 134 valence electrons. The number of nitrogens with one attached hydrogen (secondary N) is 1. The number of thioether (sulfide) groups is 1. The molecule has 2 aromatic rings. The normalized spacial score (nSPS) is 11.5. The van der Waals surface area contributed by atoms with E-state index in [9.17, 15) is 13.2 Å². The van der Waals surface area contributed by atoms with Gasteiger partial charge in [-0.05, 0) is 42.7 Å². The lowest BCUT2D eigenvalue weighted by Gasteiger charge is -2.20. The lowest BCUT2D eigenvalue weighted by molar-refractivity contribution is -0.116. The first-order chi connectivity index (χ1) is 11.9. The Hall–Kier alpha value is -1.35. The van der Waals surface area contributed by atoms with Crippen molar-refractivity contribution in [2.45, 2.75) is 16.7 Å². The predicted octanol–water partition coefficient (Wildman–Crippen LogP) is 3.82. The highest BCUT2D eigenvalue weighted by Crippen LogP contribution is 2.25. The number of sulfonamides is 1. The van der Waals surface area contributed by atoms with Crippen molar-refractivity contribution in [2.24, 2.45) is 0 Å². The summed E-state index contributed by atoms with van der Waals surface area (Å²) in [6.45, 7) is 1.67. The standard InChI is InChI=1S/C17H19BrN2O3S2/c1-3-20(25(22,23)14-10-8-13(18)9-11-14)12-17(21)19-15-6-4-5-7-16(15)24-2/h4-11H,3,12H2,1-2H3,(H,19,21). The zero-order valence-corrected chi connectivity index (χ0v) is 17.1. The van der Waals surface area contributed by atoms with Gasteiger partial charge < -0.3 is 5.32 Å². The van der Waals surface area contributed by atoms with Crippen LogP contribution in [-0.2, 0) is 14.8 Å². The van der Waals surface area contributed by atoms with Crippen LogP contribution in [0.4, 0.5) is 5.69 Å². The predicted molar refractivity (Wildman–Crippen MR) is 105 cm³/mol. The van der Waals surface area contributed by atoms with E-state index >= 15 is 0 Å². The molecule has 0 atom stereocenters. The van der Waals surface area contributed by atoms with Crippen molar-refractivity contribution >= 4 is 49.3 Å². The quantitative estimate of drug-likeness (QED) is 0.661. The molecule has 0 saturated carbocycles. The van der Waals surface area contributed by atoms with Crippen LogP contribution in [0.5, 0.6) is 0 Å². The molecule has 0 bridgehead atoms. The van der Waals surface area contributed by atoms with Crippen molar-refractivity contribution < 1.29 is 13.2 Å². The number of hydrogen-bond donors (Lipinski definition) is 1. The minimum Gasteiger partial charge on any atom is -0.324 e. The minimum absolute atomic E-state index is 0.162. The Balaban J connectivity index is 2.15. The Kier molecular flexibility index (Phi) is 7.06. The molecule has 0 radical (unpaired) electrons. The number of carbonyl (C=O) groups is 1. The number of para-hydroxylation sites is 1. The third kappa shape index (κ3) is 5.07. The van der Waals surface area contributed by atoms with E-state index in [1.54, 1.807) is 25.1 Å². The maximum atomic E-state index is 12.7. The summed E-state index contributed by atoms with van der Waals surface area (Å²) in [4.78, 5) is 13.4. The number of halogens is 1. The molecule has 0 unspecified atom stereocenters. The van der Waals surface area contributed by atoms with Crippen LogP contribution in [0.15, 0.2) is 62.8 Å². The van der Waals surface area contributed by atoms with E-state index in [1.165, 1.54) is 23.9 Å². The third-order valence-corrected chi connectivity index (χ3v) is 6.76. The van der Waals surface area contributed by atoms with Gasteiger partial charge in [-0.1, -0.05) is 35.0 Å². The minimum atomic E-state index is -3.72. The second-order valence-electron chi connectivity index (χ2n) is 5.13. The van der Waals surface area contributed by atoms with Crippen molar-refractivity contribution in [1.82, 2.24) is 4.31 Å². The van der Waals surface area contributed by atoms with E-state index in [2.05, 4.69) is 21.2 Å². The molecule has 0 aliphatic heterocycles. The molecule has 2 aromatic carbocycles. The van der Waals surface area contributed by atoms with Gasteiger partial charge in [0.05, 0.1) is 17.1 Å². The van der Waals surface area contributed by atoms with E-state index in [-0.39, 0.29) is 23.9 Å². The molecule has 0 saturated heterocycles. The van der Waals surface area contributed by atoms with Gasteiger partial charge >= 0.3 is 0 Å². The molecule has 2 rings (SSSR count). The fourth-order valence-electron chi connectivity index (χ4n) is 2.22. The third-order valence-electron chi connectivity index (χ3n) is 3.51. The summed E-state index contributed by atoms with van der Waals surface area (Å²) in [7, 11) is -3.72. The number of amides is 1. The zero-order valence-electron chi connectivity index (χ0n) is 13.9. The van der Waals surface area contributed by atoms with Crippen molar-refractivity contribution in [3.05, 3.63) is 53.0 Å². The molecule has 1 amide bonds. The van der Waals surface area contributed by atoms with Gasteiger partial charge in [0, 0.05) is 15.9 Å². The van der Waals surface area contributed by atoms with Gasteiger partial charge in [-0.2, -0.15) is 4.31 Å². The molecule has 0 fully saturated rings. The SMILES string of the molecule is CCN(CC(=O)Nc1ccccc1SC)S(=O)(=O)c1ccc(Br)cc1. The molecule has 5 nitrogen and oxygen atoms in total. The molecule has 0 aromatic heterocycles. The number of nitrogens with zero attached hydrogens (tertiary/aromatic N) is 1. The van der Waals surface area contributed by atoms with E-state index < -0.39 is 10.0 Å². The Labute approximate surface area is 161 Å². The van der Waals surface area contributed by atoms with E-state index in [1.807, 2.05) is 24.5 Å². The summed E-state index contributed by atoms with van der Waals surface area (Å²) in [5, 5.41) is 2.79. The lowest BCUT2D eigenvalue weighted by Crippen LogP contribution is -2.37. The van der Waals surface area contributed by atoms with Crippen LogP contribution in [0.1, 0.15) is 6.92 Å². The number of anilines is 1. The van der Waals surface area contributed by atoms with Gasteiger partial charge in [-0.25, -0.2) is 8.42 Å². The second kappa shape index (κ2) is 8.84. The Morgan fingerprint density at radius 2 is 1.80 bits per heavy atom. The average molecular weight is 443 g/mol. The van der Waals surface area contributed by atoms with Crippen LogP contribution in [0.2, 0.25) is 0 Å². The number of hydrogen-bond acceptors (Lipinski definition) is 4. The van der Waals surface area contributed by atoms with E-state index in [0.717, 1.165) is 13.7 Å². The molecule has 1 N–H and O–H groups in total. The zero-order chi connectivity index (χ0) is 18.4. The Bertz CT molecular complexity index is 839. The van der Waals surface area contributed by atoms with Crippen molar-refractivity contribution in [3.63, 3.8) is 0 Å².